The van der Waals surface area contributed by atoms with Crippen LogP contribution in [-0.4, -0.2) is 20.2 Å². The molecule has 3 heterocycles. The number of hydrogen-bond donors (Lipinski definition) is 3. The van der Waals surface area contributed by atoms with Gasteiger partial charge in [0.15, 0.2) is 0 Å². The first-order valence-electron chi connectivity index (χ1n) is 8.18. The highest BCUT2D eigenvalue weighted by Gasteiger charge is 2.11. The van der Waals surface area contributed by atoms with Crippen molar-refractivity contribution in [3.63, 3.8) is 0 Å². The summed E-state index contributed by atoms with van der Waals surface area (Å²) in [4.78, 5) is 8.45. The molecule has 0 aliphatic rings. The Kier molecular flexibility index (Phi) is 3.85. The molecule has 6 heteroatoms. The molecule has 0 aliphatic carbocycles. The van der Waals surface area contributed by atoms with Crippen LogP contribution in [0, 0.1) is 6.92 Å². The molecule has 0 amide bonds. The molecule has 0 aliphatic heterocycles. The largest absolute Gasteiger partial charge is 0.397 e. The Morgan fingerprint density at radius 1 is 1.08 bits per heavy atom. The van der Waals surface area contributed by atoms with E-state index in [0.717, 1.165) is 39.1 Å². The van der Waals surface area contributed by atoms with E-state index in [4.69, 9.17) is 5.73 Å². The van der Waals surface area contributed by atoms with Gasteiger partial charge < -0.3 is 11.1 Å². The predicted molar refractivity (Wildman–Crippen MR) is 105 cm³/mol. The number of anilines is 2. The molecular formula is C20H18N6. The highest BCUT2D eigenvalue weighted by molar-refractivity contribution is 5.95. The summed E-state index contributed by atoms with van der Waals surface area (Å²) < 4.78 is 0. The zero-order valence-corrected chi connectivity index (χ0v) is 14.3. The van der Waals surface area contributed by atoms with Crippen LogP contribution < -0.4 is 11.1 Å². The van der Waals surface area contributed by atoms with Crippen molar-refractivity contribution < 1.29 is 0 Å². The van der Waals surface area contributed by atoms with Gasteiger partial charge in [-0.25, -0.2) is 0 Å². The summed E-state index contributed by atoms with van der Waals surface area (Å²) in [6, 6.07) is 11.9. The van der Waals surface area contributed by atoms with E-state index in [2.05, 4.69) is 38.1 Å². The van der Waals surface area contributed by atoms with Crippen molar-refractivity contribution in [1.82, 2.24) is 20.2 Å². The Morgan fingerprint density at radius 2 is 1.96 bits per heavy atom. The second-order valence-corrected chi connectivity index (χ2v) is 6.13. The van der Waals surface area contributed by atoms with Gasteiger partial charge in [0.1, 0.15) is 5.69 Å². The van der Waals surface area contributed by atoms with Crippen LogP contribution in [0.15, 0.2) is 61.6 Å². The lowest BCUT2D eigenvalue weighted by Gasteiger charge is -2.08. The second kappa shape index (κ2) is 6.33. The van der Waals surface area contributed by atoms with Gasteiger partial charge in [0.05, 0.1) is 28.8 Å². The van der Waals surface area contributed by atoms with Crippen LogP contribution in [0.2, 0.25) is 0 Å². The van der Waals surface area contributed by atoms with E-state index in [-0.39, 0.29) is 0 Å². The summed E-state index contributed by atoms with van der Waals surface area (Å²) in [6.45, 7) is 6.08. The van der Waals surface area contributed by atoms with Crippen LogP contribution in [0.1, 0.15) is 11.4 Å². The number of hydrogen-bond acceptors (Lipinski definition) is 5. The summed E-state index contributed by atoms with van der Waals surface area (Å²) >= 11 is 0. The zero-order chi connectivity index (χ0) is 18.1. The molecule has 3 aromatic heterocycles. The zero-order valence-electron chi connectivity index (χ0n) is 14.3. The van der Waals surface area contributed by atoms with Crippen molar-refractivity contribution in [3.8, 4) is 11.1 Å². The second-order valence-electron chi connectivity index (χ2n) is 6.13. The van der Waals surface area contributed by atoms with E-state index in [0.29, 0.717) is 11.4 Å². The molecule has 4 rings (SSSR count). The highest BCUT2D eigenvalue weighted by Crippen LogP contribution is 2.28. The lowest BCUT2D eigenvalue weighted by atomic mass is 10.0. The third-order valence-corrected chi connectivity index (χ3v) is 4.15. The number of aromatic amines is 1. The molecule has 0 fully saturated rings. The Labute approximate surface area is 150 Å². The number of rotatable bonds is 4. The number of pyridine rings is 2. The first-order chi connectivity index (χ1) is 12.6. The Bertz CT molecular complexity index is 1090. The van der Waals surface area contributed by atoms with E-state index in [1.165, 1.54) is 0 Å². The summed E-state index contributed by atoms with van der Waals surface area (Å²) in [5, 5.41) is 11.7. The van der Waals surface area contributed by atoms with E-state index in [9.17, 15) is 0 Å². The van der Waals surface area contributed by atoms with Gasteiger partial charge in [-0.15, -0.1) is 0 Å². The Balaban J connectivity index is 1.70. The topological polar surface area (TPSA) is 92.5 Å². The van der Waals surface area contributed by atoms with E-state index in [1.807, 2.05) is 37.3 Å². The monoisotopic (exact) mass is 342 g/mol. The maximum Gasteiger partial charge on any atom is 0.116 e. The fourth-order valence-corrected chi connectivity index (χ4v) is 2.81. The molecule has 4 N–H and O–H groups in total. The smallest absolute Gasteiger partial charge is 0.116 e. The van der Waals surface area contributed by atoms with Crippen molar-refractivity contribution >= 4 is 28.0 Å². The SMILES string of the molecule is C=C(Nc1ccc(C)nc1)c1n[nH]c2ccc(-c3cncc(N)c3)cc12. The lowest BCUT2D eigenvalue weighted by molar-refractivity contribution is 1.10. The summed E-state index contributed by atoms with van der Waals surface area (Å²) in [7, 11) is 0. The molecule has 1 aromatic carbocycles. The Hall–Kier alpha value is -3.67. The van der Waals surface area contributed by atoms with Gasteiger partial charge in [-0.1, -0.05) is 12.6 Å². The molecule has 0 radical (unpaired) electrons. The average molecular weight is 342 g/mol. The molecule has 6 nitrogen and oxygen atoms in total. The fraction of sp³-hybridized carbons (Fsp3) is 0.0500. The standard InChI is InChI=1S/C20H18N6/c1-12-3-5-17(11-23-12)24-13(2)20-18-8-14(4-6-19(18)25-26-20)15-7-16(21)10-22-9-15/h3-11,24H,2,21H2,1H3,(H,25,26). The van der Waals surface area contributed by atoms with Crippen LogP contribution in [-0.2, 0) is 0 Å². The normalized spacial score (nSPS) is 10.8. The summed E-state index contributed by atoms with van der Waals surface area (Å²) in [6.07, 6.45) is 5.20. The molecule has 0 saturated carbocycles. The molecule has 0 unspecified atom stereocenters. The maximum atomic E-state index is 5.85. The van der Waals surface area contributed by atoms with Crippen molar-refractivity contribution in [2.45, 2.75) is 6.92 Å². The van der Waals surface area contributed by atoms with Gasteiger partial charge in [0.25, 0.3) is 0 Å². The van der Waals surface area contributed by atoms with Gasteiger partial charge in [0.2, 0.25) is 0 Å². The number of aryl methyl sites for hydroxylation is 1. The predicted octanol–water partition coefficient (Wildman–Crippen LogP) is 3.99. The average Bonchev–Trinajstić information content (AvgIpc) is 3.07. The molecule has 0 spiro atoms. The van der Waals surface area contributed by atoms with Crippen molar-refractivity contribution in [1.29, 1.82) is 0 Å². The van der Waals surface area contributed by atoms with E-state index >= 15 is 0 Å². The van der Waals surface area contributed by atoms with E-state index in [1.54, 1.807) is 18.6 Å². The first kappa shape index (κ1) is 15.8. The van der Waals surface area contributed by atoms with Crippen LogP contribution in [0.3, 0.4) is 0 Å². The van der Waals surface area contributed by atoms with Crippen molar-refractivity contribution in [2.75, 3.05) is 11.1 Å². The number of fused-ring (bicyclic) bond motifs is 1. The molecule has 128 valence electrons. The quantitative estimate of drug-likeness (QED) is 0.521. The molecule has 0 bridgehead atoms. The number of benzene rings is 1. The minimum absolute atomic E-state index is 0.632. The number of nitrogens with one attached hydrogen (secondary N) is 2. The summed E-state index contributed by atoms with van der Waals surface area (Å²) in [5.74, 6) is 0. The lowest BCUT2D eigenvalue weighted by Crippen LogP contribution is -1.99. The van der Waals surface area contributed by atoms with Crippen LogP contribution >= 0.6 is 0 Å². The van der Waals surface area contributed by atoms with E-state index < -0.39 is 0 Å². The summed E-state index contributed by atoms with van der Waals surface area (Å²) in [5.41, 5.74) is 12.7. The van der Waals surface area contributed by atoms with Gasteiger partial charge in [0, 0.05) is 29.0 Å². The molecule has 0 atom stereocenters. The van der Waals surface area contributed by atoms with Crippen molar-refractivity contribution in [2.24, 2.45) is 0 Å². The molecule has 4 aromatic rings. The van der Waals surface area contributed by atoms with Crippen molar-refractivity contribution in [3.05, 3.63) is 73.0 Å². The third-order valence-electron chi connectivity index (χ3n) is 4.15. The van der Waals surface area contributed by atoms with Gasteiger partial charge in [-0.3, -0.25) is 15.1 Å². The molecule has 0 saturated heterocycles. The number of H-pyrrole nitrogens is 1. The number of nitrogen functional groups attached to an aromatic ring is 1. The van der Waals surface area contributed by atoms with Gasteiger partial charge in [-0.05, 0) is 42.8 Å². The van der Waals surface area contributed by atoms with Gasteiger partial charge >= 0.3 is 0 Å². The van der Waals surface area contributed by atoms with Gasteiger partial charge in [-0.2, -0.15) is 5.10 Å². The molecule has 26 heavy (non-hydrogen) atoms. The first-order valence-corrected chi connectivity index (χ1v) is 8.18. The minimum atomic E-state index is 0.632. The number of aromatic nitrogens is 4. The number of nitrogens with zero attached hydrogens (tertiary/aromatic N) is 3. The van der Waals surface area contributed by atoms with Crippen LogP contribution in [0.5, 0.6) is 0 Å². The highest BCUT2D eigenvalue weighted by atomic mass is 15.1. The maximum absolute atomic E-state index is 5.85. The number of nitrogens with two attached hydrogens (primary N) is 1. The Morgan fingerprint density at radius 3 is 2.73 bits per heavy atom. The third kappa shape index (κ3) is 3.00. The molecular weight excluding hydrogens is 324 g/mol. The van der Waals surface area contributed by atoms with Crippen LogP contribution in [0.25, 0.3) is 27.7 Å². The van der Waals surface area contributed by atoms with Crippen LogP contribution in [0.4, 0.5) is 11.4 Å². The fourth-order valence-electron chi connectivity index (χ4n) is 2.81. The minimum Gasteiger partial charge on any atom is -0.397 e.